The van der Waals surface area contributed by atoms with Crippen molar-refractivity contribution in [3.8, 4) is 0 Å². The van der Waals surface area contributed by atoms with E-state index < -0.39 is 0 Å². The third-order valence-corrected chi connectivity index (χ3v) is 5.16. The van der Waals surface area contributed by atoms with Gasteiger partial charge in [0.15, 0.2) is 12.6 Å². The largest absolute Gasteiger partial charge is 0.491 e. The molecule has 0 N–H and O–H groups in total. The summed E-state index contributed by atoms with van der Waals surface area (Å²) in [7, 11) is 0. The topological polar surface area (TPSA) is 36.9 Å². The van der Waals surface area contributed by atoms with Crippen LogP contribution in [0.15, 0.2) is 11.7 Å². The van der Waals surface area contributed by atoms with Gasteiger partial charge in [0.25, 0.3) is 0 Å². The molecule has 0 bridgehead atoms. The van der Waals surface area contributed by atoms with Crippen LogP contribution in [0.1, 0.15) is 130 Å². The smallest absolute Gasteiger partial charge is 0.321 e. The van der Waals surface area contributed by atoms with E-state index in [9.17, 15) is 0 Å². The van der Waals surface area contributed by atoms with Gasteiger partial charge in [0.1, 0.15) is 0 Å². The van der Waals surface area contributed by atoms with Crippen LogP contribution in [-0.2, 0) is 18.9 Å². The van der Waals surface area contributed by atoms with Crippen LogP contribution in [-0.4, -0.2) is 26.6 Å². The van der Waals surface area contributed by atoms with Crippen LogP contribution in [0.3, 0.4) is 0 Å². The maximum absolute atomic E-state index is 6.16. The van der Waals surface area contributed by atoms with Crippen LogP contribution in [0.25, 0.3) is 0 Å². The molecular formula is C26H52O4. The number of ether oxygens (including phenoxy) is 4. The van der Waals surface area contributed by atoms with Gasteiger partial charge in [-0.2, -0.15) is 0 Å². The zero-order valence-corrected chi connectivity index (χ0v) is 20.8. The zero-order valence-electron chi connectivity index (χ0n) is 20.8. The van der Waals surface area contributed by atoms with E-state index in [1.807, 2.05) is 0 Å². The zero-order chi connectivity index (χ0) is 22.1. The Balaban J connectivity index is 4.70. The standard InChI is InChI=1S/C26H52O4/c1-5-9-13-17-21-27-24-30-26(29-23-19-15-11-7-3)25(20-16-12-8-4)28-22-18-14-10-6-2/h5-24H2,1-4H3. The number of rotatable bonds is 24. The van der Waals surface area contributed by atoms with Crippen LogP contribution in [0, 0.1) is 0 Å². The van der Waals surface area contributed by atoms with Crippen LogP contribution < -0.4 is 0 Å². The highest BCUT2D eigenvalue weighted by atomic mass is 16.7. The summed E-state index contributed by atoms with van der Waals surface area (Å²) in [6, 6.07) is 0. The Morgan fingerprint density at radius 3 is 1.53 bits per heavy atom. The summed E-state index contributed by atoms with van der Waals surface area (Å²) in [6.07, 6.45) is 18.7. The Kier molecular flexibility index (Phi) is 23.6. The third kappa shape index (κ3) is 19.1. The fourth-order valence-corrected chi connectivity index (χ4v) is 3.17. The minimum absolute atomic E-state index is 0.243. The molecule has 0 heterocycles. The lowest BCUT2D eigenvalue weighted by Gasteiger charge is -2.18. The molecule has 0 radical (unpaired) electrons. The molecule has 0 saturated carbocycles. The van der Waals surface area contributed by atoms with Gasteiger partial charge in [-0.3, -0.25) is 0 Å². The first kappa shape index (κ1) is 29.1. The van der Waals surface area contributed by atoms with Gasteiger partial charge >= 0.3 is 5.95 Å². The molecule has 0 atom stereocenters. The third-order valence-electron chi connectivity index (χ3n) is 5.16. The summed E-state index contributed by atoms with van der Waals surface area (Å²) >= 11 is 0. The van der Waals surface area contributed by atoms with Crippen LogP contribution in [0.5, 0.6) is 0 Å². The summed E-state index contributed by atoms with van der Waals surface area (Å²) < 4.78 is 23.9. The van der Waals surface area contributed by atoms with Gasteiger partial charge in [0.2, 0.25) is 0 Å². The molecule has 0 aromatic carbocycles. The molecule has 0 aromatic heterocycles. The van der Waals surface area contributed by atoms with Gasteiger partial charge in [0.05, 0.1) is 19.8 Å². The monoisotopic (exact) mass is 428 g/mol. The fraction of sp³-hybridized carbons (Fsp3) is 0.923. The van der Waals surface area contributed by atoms with Crippen molar-refractivity contribution in [2.75, 3.05) is 26.6 Å². The fourth-order valence-electron chi connectivity index (χ4n) is 3.17. The lowest BCUT2D eigenvalue weighted by Crippen LogP contribution is -2.10. The molecule has 0 fully saturated rings. The molecule has 0 unspecified atom stereocenters. The predicted octanol–water partition coefficient (Wildman–Crippen LogP) is 8.50. The molecule has 0 spiro atoms. The van der Waals surface area contributed by atoms with Crippen molar-refractivity contribution in [3.63, 3.8) is 0 Å². The predicted molar refractivity (Wildman–Crippen MR) is 127 cm³/mol. The summed E-state index contributed by atoms with van der Waals surface area (Å²) in [4.78, 5) is 0. The summed E-state index contributed by atoms with van der Waals surface area (Å²) in [5.41, 5.74) is 0. The lowest BCUT2D eigenvalue weighted by molar-refractivity contribution is -0.0845. The quantitative estimate of drug-likeness (QED) is 0.0877. The molecule has 0 aliphatic rings. The van der Waals surface area contributed by atoms with Crippen LogP contribution >= 0.6 is 0 Å². The molecule has 180 valence electrons. The molecule has 4 heteroatoms. The Morgan fingerprint density at radius 2 is 0.967 bits per heavy atom. The Bertz CT molecular complexity index is 368. The van der Waals surface area contributed by atoms with Gasteiger partial charge in [-0.1, -0.05) is 98.3 Å². The van der Waals surface area contributed by atoms with E-state index in [0.717, 1.165) is 51.1 Å². The maximum Gasteiger partial charge on any atom is 0.321 e. The second-order valence-electron chi connectivity index (χ2n) is 8.22. The molecule has 0 amide bonds. The highest BCUT2D eigenvalue weighted by molar-refractivity contribution is 4.95. The van der Waals surface area contributed by atoms with E-state index in [2.05, 4.69) is 27.7 Å². The van der Waals surface area contributed by atoms with Crippen LogP contribution in [0.4, 0.5) is 0 Å². The first-order valence-electron chi connectivity index (χ1n) is 13.0. The van der Waals surface area contributed by atoms with E-state index in [0.29, 0.717) is 12.6 Å². The molecule has 0 aliphatic heterocycles. The van der Waals surface area contributed by atoms with Gasteiger partial charge in [-0.05, 0) is 25.7 Å². The van der Waals surface area contributed by atoms with Crippen molar-refractivity contribution in [2.45, 2.75) is 130 Å². The second-order valence-corrected chi connectivity index (χ2v) is 8.22. The van der Waals surface area contributed by atoms with Crippen LogP contribution in [0.2, 0.25) is 0 Å². The van der Waals surface area contributed by atoms with Crippen molar-refractivity contribution in [3.05, 3.63) is 11.7 Å². The summed E-state index contributed by atoms with van der Waals surface area (Å²) in [5.74, 6) is 1.44. The van der Waals surface area contributed by atoms with E-state index in [1.165, 1.54) is 70.6 Å². The average Bonchev–Trinajstić information content (AvgIpc) is 2.76. The Hall–Kier alpha value is -0.900. The molecular weight excluding hydrogens is 376 g/mol. The number of hydrogen-bond acceptors (Lipinski definition) is 4. The first-order chi connectivity index (χ1) is 14.8. The summed E-state index contributed by atoms with van der Waals surface area (Å²) in [5, 5.41) is 0. The molecule has 0 aromatic rings. The van der Waals surface area contributed by atoms with E-state index in [1.54, 1.807) is 0 Å². The normalized spacial score (nSPS) is 12.0. The number of allylic oxidation sites excluding steroid dienone is 1. The van der Waals surface area contributed by atoms with E-state index in [-0.39, 0.29) is 6.79 Å². The van der Waals surface area contributed by atoms with Crippen molar-refractivity contribution in [1.82, 2.24) is 0 Å². The molecule has 0 aliphatic carbocycles. The highest BCUT2D eigenvalue weighted by Gasteiger charge is 2.13. The number of hydrogen-bond donors (Lipinski definition) is 0. The Labute approximate surface area is 188 Å². The highest BCUT2D eigenvalue weighted by Crippen LogP contribution is 2.19. The SMILES string of the molecule is CCCCCCOCOC(OCCCCCC)=C(CCCCC)OCCCCCC. The minimum atomic E-state index is 0.243. The Morgan fingerprint density at radius 1 is 0.467 bits per heavy atom. The minimum Gasteiger partial charge on any atom is -0.491 e. The van der Waals surface area contributed by atoms with Crippen molar-refractivity contribution >= 4 is 0 Å². The van der Waals surface area contributed by atoms with Crippen molar-refractivity contribution < 1.29 is 18.9 Å². The molecule has 4 nitrogen and oxygen atoms in total. The van der Waals surface area contributed by atoms with Crippen molar-refractivity contribution in [1.29, 1.82) is 0 Å². The molecule has 0 rings (SSSR count). The van der Waals surface area contributed by atoms with Gasteiger partial charge in [-0.25, -0.2) is 0 Å². The van der Waals surface area contributed by atoms with E-state index >= 15 is 0 Å². The van der Waals surface area contributed by atoms with Gasteiger partial charge < -0.3 is 18.9 Å². The van der Waals surface area contributed by atoms with E-state index in [4.69, 9.17) is 18.9 Å². The van der Waals surface area contributed by atoms with Gasteiger partial charge in [-0.15, -0.1) is 0 Å². The molecule has 0 saturated heterocycles. The first-order valence-corrected chi connectivity index (χ1v) is 13.0. The maximum atomic E-state index is 6.16. The van der Waals surface area contributed by atoms with Crippen molar-refractivity contribution in [2.24, 2.45) is 0 Å². The lowest BCUT2D eigenvalue weighted by atomic mass is 10.2. The number of unbranched alkanes of at least 4 members (excludes halogenated alkanes) is 11. The van der Waals surface area contributed by atoms with Gasteiger partial charge in [0, 0.05) is 6.42 Å². The second kappa shape index (κ2) is 24.4. The molecule has 30 heavy (non-hydrogen) atoms. The average molecular weight is 429 g/mol. The summed E-state index contributed by atoms with van der Waals surface area (Å²) in [6.45, 7) is 11.3.